The number of fused-ring (bicyclic) bond motifs is 1. The standard InChI is InChI=1S/C13H17FN2O/c1-15(9-10-17)7-8-16-6-5-11-12(14)3-2-4-13(11)16/h2-6,17H,7-10H2,1H3. The second-order valence-electron chi connectivity index (χ2n) is 4.21. The van der Waals surface area contributed by atoms with E-state index in [-0.39, 0.29) is 12.4 Å². The van der Waals surface area contributed by atoms with Crippen LogP contribution in [0.3, 0.4) is 0 Å². The number of hydrogen-bond acceptors (Lipinski definition) is 2. The fraction of sp³-hybridized carbons (Fsp3) is 0.385. The van der Waals surface area contributed by atoms with Gasteiger partial charge in [-0.2, -0.15) is 0 Å². The third-order valence-electron chi connectivity index (χ3n) is 2.96. The summed E-state index contributed by atoms with van der Waals surface area (Å²) in [5, 5.41) is 9.47. The summed E-state index contributed by atoms with van der Waals surface area (Å²) in [6, 6.07) is 6.93. The largest absolute Gasteiger partial charge is 0.395 e. The van der Waals surface area contributed by atoms with Crippen molar-refractivity contribution in [2.45, 2.75) is 6.54 Å². The monoisotopic (exact) mass is 236 g/mol. The van der Waals surface area contributed by atoms with Crippen LogP contribution in [0.4, 0.5) is 4.39 Å². The highest BCUT2D eigenvalue weighted by atomic mass is 19.1. The Balaban J connectivity index is 2.12. The zero-order valence-electron chi connectivity index (χ0n) is 9.93. The third-order valence-corrected chi connectivity index (χ3v) is 2.96. The molecule has 0 spiro atoms. The number of aromatic nitrogens is 1. The minimum absolute atomic E-state index is 0.164. The lowest BCUT2D eigenvalue weighted by atomic mass is 10.2. The first-order chi connectivity index (χ1) is 8.22. The maximum atomic E-state index is 13.5. The first-order valence-electron chi connectivity index (χ1n) is 5.75. The topological polar surface area (TPSA) is 28.4 Å². The van der Waals surface area contributed by atoms with Gasteiger partial charge in [0.2, 0.25) is 0 Å². The molecule has 17 heavy (non-hydrogen) atoms. The maximum Gasteiger partial charge on any atom is 0.132 e. The summed E-state index contributed by atoms with van der Waals surface area (Å²) < 4.78 is 15.5. The number of aliphatic hydroxyl groups excluding tert-OH is 1. The molecule has 0 bridgehead atoms. The van der Waals surface area contributed by atoms with Crippen molar-refractivity contribution < 1.29 is 9.50 Å². The van der Waals surface area contributed by atoms with E-state index in [2.05, 4.69) is 0 Å². The first kappa shape index (κ1) is 12.1. The van der Waals surface area contributed by atoms with Crippen LogP contribution >= 0.6 is 0 Å². The van der Waals surface area contributed by atoms with Crippen LogP contribution in [0.1, 0.15) is 0 Å². The van der Waals surface area contributed by atoms with Crippen molar-refractivity contribution in [3.05, 3.63) is 36.3 Å². The lowest BCUT2D eigenvalue weighted by Crippen LogP contribution is -2.25. The van der Waals surface area contributed by atoms with Crippen LogP contribution in [0.5, 0.6) is 0 Å². The predicted molar refractivity (Wildman–Crippen MR) is 66.5 cm³/mol. The third kappa shape index (κ3) is 2.65. The molecule has 4 heteroatoms. The van der Waals surface area contributed by atoms with Crippen LogP contribution < -0.4 is 0 Å². The van der Waals surface area contributed by atoms with Gasteiger partial charge in [0.25, 0.3) is 0 Å². The van der Waals surface area contributed by atoms with Gasteiger partial charge in [-0.1, -0.05) is 6.07 Å². The zero-order chi connectivity index (χ0) is 12.3. The second-order valence-corrected chi connectivity index (χ2v) is 4.21. The van der Waals surface area contributed by atoms with E-state index < -0.39 is 0 Å². The summed E-state index contributed by atoms with van der Waals surface area (Å²) in [4.78, 5) is 2.05. The highest BCUT2D eigenvalue weighted by Gasteiger charge is 2.05. The fourth-order valence-electron chi connectivity index (χ4n) is 1.94. The Morgan fingerprint density at radius 1 is 1.29 bits per heavy atom. The lowest BCUT2D eigenvalue weighted by Gasteiger charge is -2.15. The van der Waals surface area contributed by atoms with Crippen LogP contribution in [0, 0.1) is 5.82 Å². The quantitative estimate of drug-likeness (QED) is 0.856. The molecular formula is C13H17FN2O. The van der Waals surface area contributed by atoms with Crippen LogP contribution in [0.15, 0.2) is 30.5 Å². The molecule has 92 valence electrons. The predicted octanol–water partition coefficient (Wildman–Crippen LogP) is 1.70. The smallest absolute Gasteiger partial charge is 0.132 e. The van der Waals surface area contributed by atoms with E-state index in [4.69, 9.17) is 5.11 Å². The molecule has 1 N–H and O–H groups in total. The van der Waals surface area contributed by atoms with Crippen LogP contribution in [0.2, 0.25) is 0 Å². The van der Waals surface area contributed by atoms with Crippen LogP contribution in [-0.4, -0.2) is 41.3 Å². The van der Waals surface area contributed by atoms with Gasteiger partial charge in [0.05, 0.1) is 12.1 Å². The summed E-state index contributed by atoms with van der Waals surface area (Å²) in [6.07, 6.45) is 1.90. The minimum Gasteiger partial charge on any atom is -0.395 e. The first-order valence-corrected chi connectivity index (χ1v) is 5.75. The summed E-state index contributed by atoms with van der Waals surface area (Å²) in [6.45, 7) is 2.45. The molecule has 0 aliphatic rings. The van der Waals surface area contributed by atoms with E-state index in [1.807, 2.05) is 28.8 Å². The van der Waals surface area contributed by atoms with Crippen molar-refractivity contribution in [2.24, 2.45) is 0 Å². The van der Waals surface area contributed by atoms with Gasteiger partial charge in [0.1, 0.15) is 5.82 Å². The van der Waals surface area contributed by atoms with Crippen molar-refractivity contribution in [1.82, 2.24) is 9.47 Å². The number of halogens is 1. The van der Waals surface area contributed by atoms with E-state index >= 15 is 0 Å². The van der Waals surface area contributed by atoms with Gasteiger partial charge in [-0.15, -0.1) is 0 Å². The Kier molecular flexibility index (Phi) is 3.76. The second kappa shape index (κ2) is 5.29. The molecule has 1 heterocycles. The molecule has 0 saturated heterocycles. The average molecular weight is 236 g/mol. The molecule has 0 unspecified atom stereocenters. The summed E-state index contributed by atoms with van der Waals surface area (Å²) in [7, 11) is 1.96. The van der Waals surface area contributed by atoms with E-state index in [1.54, 1.807) is 12.1 Å². The fourth-order valence-corrected chi connectivity index (χ4v) is 1.94. The Morgan fingerprint density at radius 2 is 2.12 bits per heavy atom. The molecule has 0 radical (unpaired) electrons. The van der Waals surface area contributed by atoms with Gasteiger partial charge >= 0.3 is 0 Å². The molecule has 3 nitrogen and oxygen atoms in total. The molecule has 0 aliphatic heterocycles. The Morgan fingerprint density at radius 3 is 2.88 bits per heavy atom. The molecule has 0 amide bonds. The Labute approximate surface area is 100 Å². The molecule has 1 aromatic carbocycles. The molecular weight excluding hydrogens is 219 g/mol. The molecule has 2 rings (SSSR count). The molecule has 1 aromatic heterocycles. The highest BCUT2D eigenvalue weighted by molar-refractivity contribution is 5.80. The lowest BCUT2D eigenvalue weighted by molar-refractivity contribution is 0.218. The number of hydrogen-bond donors (Lipinski definition) is 1. The van der Waals surface area contributed by atoms with Crippen LogP contribution in [-0.2, 0) is 6.54 Å². The zero-order valence-corrected chi connectivity index (χ0v) is 9.93. The van der Waals surface area contributed by atoms with Crippen molar-refractivity contribution in [3.63, 3.8) is 0 Å². The highest BCUT2D eigenvalue weighted by Crippen LogP contribution is 2.18. The van der Waals surface area contributed by atoms with Crippen molar-refractivity contribution in [2.75, 3.05) is 26.7 Å². The molecule has 0 saturated carbocycles. The van der Waals surface area contributed by atoms with Gasteiger partial charge in [0.15, 0.2) is 0 Å². The minimum atomic E-state index is -0.176. The number of aliphatic hydroxyl groups is 1. The Hall–Kier alpha value is -1.39. The molecule has 0 aliphatic carbocycles. The number of nitrogens with zero attached hydrogens (tertiary/aromatic N) is 2. The van der Waals surface area contributed by atoms with Gasteiger partial charge in [-0.25, -0.2) is 4.39 Å². The van der Waals surface area contributed by atoms with E-state index in [9.17, 15) is 4.39 Å². The summed E-state index contributed by atoms with van der Waals surface area (Å²) in [5.74, 6) is -0.176. The van der Waals surface area contributed by atoms with Crippen LogP contribution in [0.25, 0.3) is 10.9 Å². The number of benzene rings is 1. The number of likely N-dealkylation sites (N-methyl/N-ethyl adjacent to an activating group) is 1. The Bertz CT molecular complexity index is 495. The number of rotatable bonds is 5. The van der Waals surface area contributed by atoms with Gasteiger partial charge in [0, 0.05) is 31.2 Å². The van der Waals surface area contributed by atoms with E-state index in [1.165, 1.54) is 6.07 Å². The average Bonchev–Trinajstić information content (AvgIpc) is 2.72. The van der Waals surface area contributed by atoms with Gasteiger partial charge in [-0.3, -0.25) is 0 Å². The van der Waals surface area contributed by atoms with Crippen molar-refractivity contribution in [1.29, 1.82) is 0 Å². The van der Waals surface area contributed by atoms with Crippen molar-refractivity contribution in [3.8, 4) is 0 Å². The SMILES string of the molecule is CN(CCO)CCn1ccc2c(F)cccc21. The summed E-state index contributed by atoms with van der Waals surface area (Å²) >= 11 is 0. The van der Waals surface area contributed by atoms with Gasteiger partial charge in [-0.05, 0) is 25.2 Å². The van der Waals surface area contributed by atoms with Crippen molar-refractivity contribution >= 4 is 10.9 Å². The van der Waals surface area contributed by atoms with Gasteiger partial charge < -0.3 is 14.6 Å². The maximum absolute atomic E-state index is 13.5. The van der Waals surface area contributed by atoms with E-state index in [0.29, 0.717) is 11.9 Å². The molecule has 2 aromatic rings. The molecule has 0 fully saturated rings. The normalized spacial score (nSPS) is 11.5. The van der Waals surface area contributed by atoms with E-state index in [0.717, 1.165) is 18.6 Å². The summed E-state index contributed by atoms with van der Waals surface area (Å²) in [5.41, 5.74) is 0.919. The molecule has 0 atom stereocenters.